The van der Waals surface area contributed by atoms with Gasteiger partial charge in [-0.15, -0.1) is 0 Å². The third-order valence-electron chi connectivity index (χ3n) is 4.72. The fraction of sp³-hybridized carbons (Fsp3) is 0.333. The van der Waals surface area contributed by atoms with Crippen molar-refractivity contribution in [3.63, 3.8) is 0 Å². The van der Waals surface area contributed by atoms with Crippen molar-refractivity contribution >= 4 is 11.9 Å². The molecule has 1 amide bonds. The number of rotatable bonds is 7. The summed E-state index contributed by atoms with van der Waals surface area (Å²) in [5, 5.41) is 11.9. The normalized spacial score (nSPS) is 19.1. The Morgan fingerprint density at radius 3 is 2.50 bits per heavy atom. The number of ether oxygens (including phenoxy) is 1. The van der Waals surface area contributed by atoms with E-state index in [0.717, 1.165) is 12.0 Å². The predicted octanol–water partition coefficient (Wildman–Crippen LogP) is 3.03. The highest BCUT2D eigenvalue weighted by Gasteiger charge is 2.30. The molecule has 0 saturated heterocycles. The van der Waals surface area contributed by atoms with E-state index in [4.69, 9.17) is 9.84 Å². The van der Waals surface area contributed by atoms with Crippen molar-refractivity contribution in [3.05, 3.63) is 65.7 Å². The molecule has 26 heavy (non-hydrogen) atoms. The van der Waals surface area contributed by atoms with E-state index >= 15 is 0 Å². The lowest BCUT2D eigenvalue weighted by atomic mass is 10.0. The Bertz CT molecular complexity index is 760. The fourth-order valence-electron chi connectivity index (χ4n) is 3.36. The lowest BCUT2D eigenvalue weighted by Gasteiger charge is -2.14. The second-order valence-electron chi connectivity index (χ2n) is 6.67. The molecule has 0 aromatic heterocycles. The topological polar surface area (TPSA) is 75.6 Å². The summed E-state index contributed by atoms with van der Waals surface area (Å²) in [5.74, 6) is -0.655. The minimum Gasteiger partial charge on any atom is -0.483 e. The van der Waals surface area contributed by atoms with Crippen molar-refractivity contribution in [1.29, 1.82) is 0 Å². The number of carboxylic acid groups (broad SMARTS) is 1. The van der Waals surface area contributed by atoms with Gasteiger partial charge in [-0.25, -0.2) is 0 Å². The molecule has 0 aliphatic heterocycles. The summed E-state index contributed by atoms with van der Waals surface area (Å²) in [6, 6.07) is 17.7. The van der Waals surface area contributed by atoms with Crippen LogP contribution in [0.5, 0.6) is 5.75 Å². The van der Waals surface area contributed by atoms with Crippen molar-refractivity contribution in [2.24, 2.45) is 5.92 Å². The van der Waals surface area contributed by atoms with E-state index in [1.165, 1.54) is 5.56 Å². The Morgan fingerprint density at radius 1 is 1.04 bits per heavy atom. The summed E-state index contributed by atoms with van der Waals surface area (Å²) in [6.07, 6.45) is 2.54. The van der Waals surface area contributed by atoms with E-state index in [9.17, 15) is 9.59 Å². The first kappa shape index (κ1) is 18.0. The summed E-state index contributed by atoms with van der Waals surface area (Å²) in [6.45, 7) is -0.0694. The molecule has 2 N–H and O–H groups in total. The van der Waals surface area contributed by atoms with Crippen LogP contribution in [0.1, 0.15) is 30.4 Å². The van der Waals surface area contributed by atoms with Crippen LogP contribution in [-0.4, -0.2) is 29.6 Å². The van der Waals surface area contributed by atoms with Crippen LogP contribution in [0.2, 0.25) is 0 Å². The Morgan fingerprint density at radius 2 is 1.77 bits per heavy atom. The van der Waals surface area contributed by atoms with Crippen LogP contribution in [0.15, 0.2) is 54.6 Å². The van der Waals surface area contributed by atoms with Gasteiger partial charge in [-0.1, -0.05) is 48.5 Å². The van der Waals surface area contributed by atoms with Crippen molar-refractivity contribution in [1.82, 2.24) is 5.32 Å². The molecule has 1 aliphatic rings. The SMILES string of the molecule is O=C(COc1ccccc1Cc1ccccc1)N[C@H]1CC[C@@H](C(=O)O)C1. The van der Waals surface area contributed by atoms with Crippen LogP contribution in [0, 0.1) is 5.92 Å². The summed E-state index contributed by atoms with van der Waals surface area (Å²) < 4.78 is 5.73. The molecule has 136 valence electrons. The monoisotopic (exact) mass is 353 g/mol. The second-order valence-corrected chi connectivity index (χ2v) is 6.67. The fourth-order valence-corrected chi connectivity index (χ4v) is 3.36. The summed E-state index contributed by atoms with van der Waals surface area (Å²) in [5.41, 5.74) is 2.21. The van der Waals surface area contributed by atoms with Crippen LogP contribution in [0.3, 0.4) is 0 Å². The number of hydrogen-bond acceptors (Lipinski definition) is 3. The van der Waals surface area contributed by atoms with Gasteiger partial charge >= 0.3 is 5.97 Å². The van der Waals surface area contributed by atoms with E-state index in [1.54, 1.807) is 0 Å². The van der Waals surface area contributed by atoms with Crippen LogP contribution in [-0.2, 0) is 16.0 Å². The zero-order chi connectivity index (χ0) is 18.4. The molecule has 0 radical (unpaired) electrons. The quantitative estimate of drug-likeness (QED) is 0.802. The molecule has 0 spiro atoms. The van der Waals surface area contributed by atoms with Gasteiger partial charge in [-0.2, -0.15) is 0 Å². The third kappa shape index (κ3) is 4.85. The van der Waals surface area contributed by atoms with Gasteiger partial charge in [0.15, 0.2) is 6.61 Å². The average molecular weight is 353 g/mol. The van der Waals surface area contributed by atoms with Crippen molar-refractivity contribution in [3.8, 4) is 5.75 Å². The van der Waals surface area contributed by atoms with Crippen LogP contribution >= 0.6 is 0 Å². The molecular weight excluding hydrogens is 330 g/mol. The molecule has 2 atom stereocenters. The molecule has 1 aliphatic carbocycles. The number of nitrogens with one attached hydrogen (secondary N) is 1. The molecule has 5 heteroatoms. The van der Waals surface area contributed by atoms with Gasteiger partial charge in [0.25, 0.3) is 5.91 Å². The maximum Gasteiger partial charge on any atom is 0.306 e. The van der Waals surface area contributed by atoms with Crippen LogP contribution < -0.4 is 10.1 Å². The summed E-state index contributed by atoms with van der Waals surface area (Å²) in [4.78, 5) is 23.1. The Hall–Kier alpha value is -2.82. The maximum absolute atomic E-state index is 12.1. The van der Waals surface area contributed by atoms with Gasteiger partial charge < -0.3 is 15.2 Å². The number of amides is 1. The van der Waals surface area contributed by atoms with Gasteiger partial charge in [0.05, 0.1) is 5.92 Å². The molecule has 3 rings (SSSR count). The lowest BCUT2D eigenvalue weighted by Crippen LogP contribution is -2.36. The highest BCUT2D eigenvalue weighted by Crippen LogP contribution is 2.26. The third-order valence-corrected chi connectivity index (χ3v) is 4.72. The van der Waals surface area contributed by atoms with E-state index in [1.807, 2.05) is 42.5 Å². The summed E-state index contributed by atoms with van der Waals surface area (Å²) in [7, 11) is 0. The Balaban J connectivity index is 1.53. The zero-order valence-corrected chi connectivity index (χ0v) is 14.6. The number of aliphatic carboxylic acids is 1. The highest BCUT2D eigenvalue weighted by atomic mass is 16.5. The molecule has 2 aromatic rings. The first-order valence-electron chi connectivity index (χ1n) is 8.88. The van der Waals surface area contributed by atoms with Crippen molar-refractivity contribution < 1.29 is 19.4 Å². The van der Waals surface area contributed by atoms with E-state index in [-0.39, 0.29) is 24.5 Å². The standard InChI is InChI=1S/C21H23NO4/c23-20(22-18-11-10-17(13-18)21(24)25)14-26-19-9-5-4-8-16(19)12-15-6-2-1-3-7-15/h1-9,17-18H,10-14H2,(H,22,23)(H,24,25)/t17-,18+/m1/s1. The number of carbonyl (C=O) groups is 2. The molecule has 0 bridgehead atoms. The van der Waals surface area contributed by atoms with Crippen LogP contribution in [0.25, 0.3) is 0 Å². The van der Waals surface area contributed by atoms with Crippen LogP contribution in [0.4, 0.5) is 0 Å². The van der Waals surface area contributed by atoms with E-state index in [0.29, 0.717) is 25.0 Å². The largest absolute Gasteiger partial charge is 0.483 e. The van der Waals surface area contributed by atoms with Crippen molar-refractivity contribution in [2.45, 2.75) is 31.7 Å². The first-order chi connectivity index (χ1) is 12.6. The molecule has 2 aromatic carbocycles. The number of carbonyl (C=O) groups excluding carboxylic acids is 1. The molecule has 1 fully saturated rings. The molecule has 0 heterocycles. The number of para-hydroxylation sites is 1. The van der Waals surface area contributed by atoms with E-state index < -0.39 is 5.97 Å². The number of hydrogen-bond donors (Lipinski definition) is 2. The Kier molecular flexibility index (Phi) is 5.89. The second kappa shape index (κ2) is 8.52. The van der Waals surface area contributed by atoms with Gasteiger partial charge in [0.1, 0.15) is 5.75 Å². The minimum atomic E-state index is -0.784. The minimum absolute atomic E-state index is 0.0694. The molecule has 5 nitrogen and oxygen atoms in total. The van der Waals surface area contributed by atoms with Gasteiger partial charge in [-0.05, 0) is 36.5 Å². The average Bonchev–Trinajstić information content (AvgIpc) is 3.11. The van der Waals surface area contributed by atoms with Gasteiger partial charge in [0, 0.05) is 12.5 Å². The Labute approximate surface area is 153 Å². The smallest absolute Gasteiger partial charge is 0.306 e. The van der Waals surface area contributed by atoms with E-state index in [2.05, 4.69) is 17.4 Å². The highest BCUT2D eigenvalue weighted by molar-refractivity contribution is 5.78. The number of carboxylic acids is 1. The lowest BCUT2D eigenvalue weighted by molar-refractivity contribution is -0.141. The molecular formula is C21H23NO4. The molecule has 1 saturated carbocycles. The van der Waals surface area contributed by atoms with Crippen molar-refractivity contribution in [2.75, 3.05) is 6.61 Å². The predicted molar refractivity (Wildman–Crippen MR) is 98.1 cm³/mol. The van der Waals surface area contributed by atoms with Gasteiger partial charge in [-0.3, -0.25) is 9.59 Å². The number of benzene rings is 2. The zero-order valence-electron chi connectivity index (χ0n) is 14.6. The first-order valence-corrected chi connectivity index (χ1v) is 8.88. The van der Waals surface area contributed by atoms with Gasteiger partial charge in [0.2, 0.25) is 0 Å². The molecule has 0 unspecified atom stereocenters. The summed E-state index contributed by atoms with van der Waals surface area (Å²) >= 11 is 0. The maximum atomic E-state index is 12.1.